The molecule has 0 amide bonds. The molecule has 0 aliphatic heterocycles. The maximum absolute atomic E-state index is 8.74. The Morgan fingerprint density at radius 2 is 2.00 bits per heavy atom. The predicted octanol–water partition coefficient (Wildman–Crippen LogP) is 0.387. The largest absolute Gasteiger partial charge is 0.326 e. The minimum absolute atomic E-state index is 1.08. The molecule has 3 N–H and O–H groups in total. The molecule has 1 rings (SSSR count). The molecule has 0 fully saturated rings. The van der Waals surface area contributed by atoms with Gasteiger partial charge in [-0.15, -0.1) is 0 Å². The first-order valence-corrected chi connectivity index (χ1v) is 4.23. The summed E-state index contributed by atoms with van der Waals surface area (Å²) in [5.74, 6) is 0. The SMILES string of the molecule is Cc1c[nH]nc1C.O=[PH](O)O. The molecule has 64 valence electrons. The van der Waals surface area contributed by atoms with E-state index in [0.29, 0.717) is 0 Å². The van der Waals surface area contributed by atoms with E-state index in [1.807, 2.05) is 20.0 Å². The van der Waals surface area contributed by atoms with E-state index in [9.17, 15) is 0 Å². The van der Waals surface area contributed by atoms with Gasteiger partial charge >= 0.3 is 8.25 Å². The first-order chi connectivity index (χ1) is 5.04. The fourth-order valence-corrected chi connectivity index (χ4v) is 0.419. The van der Waals surface area contributed by atoms with Crippen molar-refractivity contribution in [3.63, 3.8) is 0 Å². The zero-order valence-corrected chi connectivity index (χ0v) is 7.33. The topological polar surface area (TPSA) is 86.2 Å². The van der Waals surface area contributed by atoms with E-state index < -0.39 is 8.25 Å². The first-order valence-electron chi connectivity index (χ1n) is 2.93. The lowest BCUT2D eigenvalue weighted by Gasteiger charge is -1.76. The Hall–Kier alpha value is -0.640. The first kappa shape index (κ1) is 10.4. The second-order valence-electron chi connectivity index (χ2n) is 1.94. The summed E-state index contributed by atoms with van der Waals surface area (Å²) in [4.78, 5) is 14.3. The standard InChI is InChI=1S/C5H8N2.H3O3P/c1-4-3-6-7-5(4)2;1-4(2)3/h3H,1-2H3,(H,6,7);4H,(H2,1,2,3). The van der Waals surface area contributed by atoms with E-state index in [1.54, 1.807) is 0 Å². The van der Waals surface area contributed by atoms with Crippen molar-refractivity contribution in [3.05, 3.63) is 17.5 Å². The average Bonchev–Trinajstić information content (AvgIpc) is 2.15. The van der Waals surface area contributed by atoms with Crippen LogP contribution in [0.2, 0.25) is 0 Å². The number of H-pyrrole nitrogens is 1. The van der Waals surface area contributed by atoms with Crippen LogP contribution in [0.3, 0.4) is 0 Å². The molecule has 1 heterocycles. The Morgan fingerprint density at radius 1 is 1.55 bits per heavy atom. The molecule has 0 radical (unpaired) electrons. The zero-order chi connectivity index (χ0) is 8.85. The van der Waals surface area contributed by atoms with Gasteiger partial charge in [0.05, 0.1) is 5.69 Å². The molecule has 0 saturated heterocycles. The fourth-order valence-electron chi connectivity index (χ4n) is 0.419. The Bertz CT molecular complexity index is 215. The third-order valence-corrected chi connectivity index (χ3v) is 1.08. The molecule has 0 aliphatic rings. The van der Waals surface area contributed by atoms with Crippen molar-refractivity contribution in [1.29, 1.82) is 0 Å². The highest BCUT2D eigenvalue weighted by Gasteiger charge is 1.87. The van der Waals surface area contributed by atoms with Gasteiger partial charge in [-0.25, -0.2) is 0 Å². The number of rotatable bonds is 0. The number of aryl methyl sites for hydroxylation is 2. The Morgan fingerprint density at radius 3 is 2.09 bits per heavy atom. The van der Waals surface area contributed by atoms with Crippen molar-refractivity contribution in [2.24, 2.45) is 0 Å². The summed E-state index contributed by atoms with van der Waals surface area (Å²) in [5, 5.41) is 6.64. The highest BCUT2D eigenvalue weighted by atomic mass is 31.1. The summed E-state index contributed by atoms with van der Waals surface area (Å²) in [6.07, 6.45) is 1.88. The third kappa shape index (κ3) is 5.79. The van der Waals surface area contributed by atoms with Gasteiger partial charge in [-0.1, -0.05) is 0 Å². The highest BCUT2D eigenvalue weighted by molar-refractivity contribution is 7.30. The second-order valence-corrected chi connectivity index (χ2v) is 2.50. The van der Waals surface area contributed by atoms with E-state index in [4.69, 9.17) is 14.4 Å². The molecule has 0 bridgehead atoms. The lowest BCUT2D eigenvalue weighted by molar-refractivity contribution is 0.405. The van der Waals surface area contributed by atoms with Gasteiger partial charge in [0.15, 0.2) is 0 Å². The number of aromatic nitrogens is 2. The fraction of sp³-hybridized carbons (Fsp3) is 0.400. The number of hydrogen-bond donors (Lipinski definition) is 3. The van der Waals surface area contributed by atoms with Crippen LogP contribution >= 0.6 is 8.25 Å². The van der Waals surface area contributed by atoms with Crippen molar-refractivity contribution >= 4 is 8.25 Å². The summed E-state index contributed by atoms with van der Waals surface area (Å²) in [6.45, 7) is 4.00. The molecular formula is C5H11N2O3P. The van der Waals surface area contributed by atoms with E-state index in [2.05, 4.69) is 10.2 Å². The maximum atomic E-state index is 8.74. The van der Waals surface area contributed by atoms with E-state index in [0.717, 1.165) is 5.69 Å². The monoisotopic (exact) mass is 178 g/mol. The normalized spacial score (nSPS) is 9.18. The van der Waals surface area contributed by atoms with Crippen LogP contribution in [-0.4, -0.2) is 20.0 Å². The van der Waals surface area contributed by atoms with Crippen LogP contribution in [0, 0.1) is 13.8 Å². The molecule has 6 heteroatoms. The number of hydrogen-bond acceptors (Lipinski definition) is 2. The van der Waals surface area contributed by atoms with E-state index in [1.165, 1.54) is 5.56 Å². The lowest BCUT2D eigenvalue weighted by Crippen LogP contribution is -1.70. The van der Waals surface area contributed by atoms with Crippen LogP contribution in [0.1, 0.15) is 11.3 Å². The summed E-state index contributed by atoms with van der Waals surface area (Å²) in [6, 6.07) is 0. The lowest BCUT2D eigenvalue weighted by atomic mass is 10.3. The molecule has 0 atom stereocenters. The molecule has 0 saturated carbocycles. The van der Waals surface area contributed by atoms with Crippen molar-refractivity contribution in [2.75, 3.05) is 0 Å². The molecule has 11 heavy (non-hydrogen) atoms. The Labute approximate surface area is 65.0 Å². The van der Waals surface area contributed by atoms with Crippen LogP contribution < -0.4 is 0 Å². The molecular weight excluding hydrogens is 167 g/mol. The van der Waals surface area contributed by atoms with E-state index >= 15 is 0 Å². The quantitative estimate of drug-likeness (QED) is 0.501. The van der Waals surface area contributed by atoms with Crippen molar-refractivity contribution in [1.82, 2.24) is 10.2 Å². The average molecular weight is 178 g/mol. The van der Waals surface area contributed by atoms with Gasteiger partial charge in [0.1, 0.15) is 0 Å². The van der Waals surface area contributed by atoms with Crippen LogP contribution in [0.15, 0.2) is 6.20 Å². The molecule has 0 spiro atoms. The number of nitrogens with one attached hydrogen (secondary N) is 1. The minimum Gasteiger partial charge on any atom is -0.326 e. The molecule has 1 aromatic rings. The van der Waals surface area contributed by atoms with Gasteiger partial charge in [0.25, 0.3) is 0 Å². The zero-order valence-electron chi connectivity index (χ0n) is 6.33. The van der Waals surface area contributed by atoms with Gasteiger partial charge in [0.2, 0.25) is 0 Å². The van der Waals surface area contributed by atoms with Crippen molar-refractivity contribution < 1.29 is 14.4 Å². The summed E-state index contributed by atoms with van der Waals surface area (Å²) >= 11 is 0. The predicted molar refractivity (Wildman–Crippen MR) is 41.5 cm³/mol. The number of aromatic amines is 1. The highest BCUT2D eigenvalue weighted by Crippen LogP contribution is 1.98. The third-order valence-electron chi connectivity index (χ3n) is 1.08. The van der Waals surface area contributed by atoms with Crippen molar-refractivity contribution in [3.8, 4) is 0 Å². The summed E-state index contributed by atoms with van der Waals surface area (Å²) in [7, 11) is -3.13. The van der Waals surface area contributed by atoms with Crippen LogP contribution in [0.25, 0.3) is 0 Å². The van der Waals surface area contributed by atoms with Gasteiger partial charge < -0.3 is 9.79 Å². The minimum atomic E-state index is -3.13. The van der Waals surface area contributed by atoms with Gasteiger partial charge in [-0.2, -0.15) is 5.10 Å². The molecule has 0 aliphatic carbocycles. The van der Waals surface area contributed by atoms with Crippen LogP contribution in [0.5, 0.6) is 0 Å². The molecule has 5 nitrogen and oxygen atoms in total. The van der Waals surface area contributed by atoms with Crippen molar-refractivity contribution in [2.45, 2.75) is 13.8 Å². The number of nitrogens with zero attached hydrogens (tertiary/aromatic N) is 1. The molecule has 0 unspecified atom stereocenters. The van der Waals surface area contributed by atoms with Gasteiger partial charge in [-0.05, 0) is 19.4 Å². The molecule has 1 aromatic heterocycles. The summed E-state index contributed by atoms with van der Waals surface area (Å²) < 4.78 is 8.74. The van der Waals surface area contributed by atoms with Gasteiger partial charge in [0, 0.05) is 6.20 Å². The Balaban J connectivity index is 0.000000218. The molecule has 0 aromatic carbocycles. The Kier molecular flexibility index (Phi) is 4.77. The van der Waals surface area contributed by atoms with Crippen LogP contribution in [0.4, 0.5) is 0 Å². The van der Waals surface area contributed by atoms with Gasteiger partial charge in [-0.3, -0.25) is 9.66 Å². The van der Waals surface area contributed by atoms with Crippen LogP contribution in [-0.2, 0) is 4.57 Å². The second kappa shape index (κ2) is 5.07. The summed E-state index contributed by atoms with van der Waals surface area (Å²) in [5.41, 5.74) is 2.31. The van der Waals surface area contributed by atoms with E-state index in [-0.39, 0.29) is 0 Å². The maximum Gasteiger partial charge on any atom is 0.314 e. The smallest absolute Gasteiger partial charge is 0.314 e.